The number of hydrogen-bond acceptors (Lipinski definition) is 5. The summed E-state index contributed by atoms with van der Waals surface area (Å²) < 4.78 is 18.5. The fraction of sp³-hybridized carbons (Fsp3) is 0.200. The van der Waals surface area contributed by atoms with Crippen LogP contribution in [0.25, 0.3) is 0 Å². The van der Waals surface area contributed by atoms with Gasteiger partial charge >= 0.3 is 0 Å². The summed E-state index contributed by atoms with van der Waals surface area (Å²) in [6.07, 6.45) is 3.19. The first-order chi connectivity index (χ1) is 13.2. The molecule has 1 N–H and O–H groups in total. The molecule has 1 aliphatic heterocycles. The van der Waals surface area contributed by atoms with Crippen LogP contribution in [0.2, 0.25) is 0 Å². The summed E-state index contributed by atoms with van der Waals surface area (Å²) >= 11 is 0. The van der Waals surface area contributed by atoms with E-state index in [0.717, 1.165) is 17.1 Å². The Bertz CT molecular complexity index is 950. The number of aromatic nitrogens is 2. The molecule has 7 nitrogen and oxygen atoms in total. The molecule has 1 amide bonds. The number of ether oxygens (including phenoxy) is 3. The van der Waals surface area contributed by atoms with Gasteiger partial charge in [0.1, 0.15) is 25.6 Å². The first kappa shape index (κ1) is 17.0. The van der Waals surface area contributed by atoms with Crippen LogP contribution in [0.3, 0.4) is 0 Å². The van der Waals surface area contributed by atoms with Crippen molar-refractivity contribution in [1.82, 2.24) is 9.78 Å². The van der Waals surface area contributed by atoms with E-state index in [4.69, 9.17) is 14.2 Å². The quantitative estimate of drug-likeness (QED) is 0.752. The lowest BCUT2D eigenvalue weighted by atomic mass is 10.2. The first-order valence-electron chi connectivity index (χ1n) is 8.59. The van der Waals surface area contributed by atoms with Gasteiger partial charge in [-0.3, -0.25) is 9.48 Å². The van der Waals surface area contributed by atoms with Crippen LogP contribution in [0.15, 0.2) is 54.9 Å². The van der Waals surface area contributed by atoms with Gasteiger partial charge in [0, 0.05) is 18.9 Å². The molecule has 0 saturated carbocycles. The molecule has 0 fully saturated rings. The summed E-state index contributed by atoms with van der Waals surface area (Å²) in [6, 6.07) is 13.0. The summed E-state index contributed by atoms with van der Waals surface area (Å²) in [4.78, 5) is 12.1. The van der Waals surface area contributed by atoms with Crippen molar-refractivity contribution in [3.05, 3.63) is 66.0 Å². The summed E-state index contributed by atoms with van der Waals surface area (Å²) in [6.45, 7) is 1.55. The fourth-order valence-corrected chi connectivity index (χ4v) is 2.72. The van der Waals surface area contributed by atoms with Crippen molar-refractivity contribution in [2.75, 3.05) is 18.5 Å². The molecule has 0 saturated heterocycles. The van der Waals surface area contributed by atoms with Crippen molar-refractivity contribution in [3.63, 3.8) is 0 Å². The van der Waals surface area contributed by atoms with Crippen molar-refractivity contribution in [2.24, 2.45) is 7.05 Å². The highest BCUT2D eigenvalue weighted by molar-refractivity contribution is 6.03. The van der Waals surface area contributed by atoms with Crippen LogP contribution in [0.1, 0.15) is 15.9 Å². The van der Waals surface area contributed by atoms with Crippen molar-refractivity contribution in [3.8, 4) is 17.2 Å². The molecule has 3 aromatic rings. The van der Waals surface area contributed by atoms with Crippen molar-refractivity contribution >= 4 is 11.6 Å². The zero-order valence-electron chi connectivity index (χ0n) is 14.8. The topological polar surface area (TPSA) is 74.6 Å². The third-order valence-corrected chi connectivity index (χ3v) is 4.09. The van der Waals surface area contributed by atoms with E-state index in [-0.39, 0.29) is 5.91 Å². The Kier molecular flexibility index (Phi) is 4.65. The van der Waals surface area contributed by atoms with E-state index in [1.165, 1.54) is 6.20 Å². The number of aryl methyl sites for hydroxylation is 1. The Hall–Kier alpha value is -3.48. The second kappa shape index (κ2) is 7.41. The number of benzene rings is 2. The molecule has 1 aromatic heterocycles. The van der Waals surface area contributed by atoms with Gasteiger partial charge in [-0.05, 0) is 42.0 Å². The maximum absolute atomic E-state index is 12.1. The zero-order valence-corrected chi connectivity index (χ0v) is 14.8. The standard InChI is InChI=1S/C20H19N3O4/c1-23-12-15(11-21-23)20(24)22-16-3-5-17(6-4-16)27-13-14-2-7-18-19(10-14)26-9-8-25-18/h2-7,10-12H,8-9,13H2,1H3,(H,22,24). The SMILES string of the molecule is Cn1cc(C(=O)Nc2ccc(OCc3ccc4c(c3)OCCO4)cc2)cn1. The number of hydrogen-bond donors (Lipinski definition) is 1. The monoisotopic (exact) mass is 365 g/mol. The van der Waals surface area contributed by atoms with Crippen LogP contribution >= 0.6 is 0 Å². The average Bonchev–Trinajstić information content (AvgIpc) is 3.14. The Morgan fingerprint density at radius 1 is 1.15 bits per heavy atom. The van der Waals surface area contributed by atoms with Crippen molar-refractivity contribution in [1.29, 1.82) is 0 Å². The predicted molar refractivity (Wildman–Crippen MR) is 99.4 cm³/mol. The van der Waals surface area contributed by atoms with Crippen LogP contribution in [-0.2, 0) is 13.7 Å². The lowest BCUT2D eigenvalue weighted by molar-refractivity contribution is 0.102. The number of carbonyl (C=O) groups excluding carboxylic acids is 1. The molecule has 0 aliphatic carbocycles. The Balaban J connectivity index is 1.34. The van der Waals surface area contributed by atoms with Gasteiger partial charge in [0.2, 0.25) is 0 Å². The molecular weight excluding hydrogens is 346 g/mol. The van der Waals surface area contributed by atoms with E-state index < -0.39 is 0 Å². The van der Waals surface area contributed by atoms with E-state index >= 15 is 0 Å². The number of nitrogens with zero attached hydrogens (tertiary/aromatic N) is 2. The van der Waals surface area contributed by atoms with Crippen LogP contribution in [0.5, 0.6) is 17.2 Å². The average molecular weight is 365 g/mol. The Labute approximate surface area is 156 Å². The van der Waals surface area contributed by atoms with E-state index in [1.807, 2.05) is 30.3 Å². The molecule has 4 rings (SSSR count). The van der Waals surface area contributed by atoms with Gasteiger partial charge in [0.25, 0.3) is 5.91 Å². The highest BCUT2D eigenvalue weighted by Gasteiger charge is 2.12. The molecular formula is C20H19N3O4. The molecule has 0 unspecified atom stereocenters. The second-order valence-corrected chi connectivity index (χ2v) is 6.15. The fourth-order valence-electron chi connectivity index (χ4n) is 2.72. The van der Waals surface area contributed by atoms with Crippen LogP contribution < -0.4 is 19.5 Å². The summed E-state index contributed by atoms with van der Waals surface area (Å²) in [5, 5.41) is 6.82. The van der Waals surface area contributed by atoms with Gasteiger partial charge in [-0.25, -0.2) is 0 Å². The van der Waals surface area contributed by atoms with E-state index in [1.54, 1.807) is 30.1 Å². The summed E-state index contributed by atoms with van der Waals surface area (Å²) in [7, 11) is 1.77. The van der Waals surface area contributed by atoms with Gasteiger partial charge in [-0.15, -0.1) is 0 Å². The molecule has 138 valence electrons. The normalized spacial score (nSPS) is 12.5. The van der Waals surface area contributed by atoms with Crippen molar-refractivity contribution < 1.29 is 19.0 Å². The van der Waals surface area contributed by atoms with E-state index in [0.29, 0.717) is 36.8 Å². The number of nitrogens with one attached hydrogen (secondary N) is 1. The number of rotatable bonds is 5. The molecule has 0 atom stereocenters. The zero-order chi connectivity index (χ0) is 18.6. The molecule has 7 heteroatoms. The minimum absolute atomic E-state index is 0.201. The molecule has 1 aliphatic rings. The van der Waals surface area contributed by atoms with Crippen LogP contribution in [-0.4, -0.2) is 28.9 Å². The van der Waals surface area contributed by atoms with Gasteiger partial charge in [0.05, 0.1) is 11.8 Å². The minimum atomic E-state index is -0.201. The molecule has 0 spiro atoms. The number of carbonyl (C=O) groups is 1. The first-order valence-corrected chi connectivity index (χ1v) is 8.59. The molecule has 0 bridgehead atoms. The highest BCUT2D eigenvalue weighted by atomic mass is 16.6. The minimum Gasteiger partial charge on any atom is -0.489 e. The van der Waals surface area contributed by atoms with E-state index in [2.05, 4.69) is 10.4 Å². The molecule has 2 aromatic carbocycles. The van der Waals surface area contributed by atoms with Gasteiger partial charge < -0.3 is 19.5 Å². The van der Waals surface area contributed by atoms with Gasteiger partial charge in [0.15, 0.2) is 11.5 Å². The van der Waals surface area contributed by atoms with Crippen molar-refractivity contribution in [2.45, 2.75) is 6.61 Å². The summed E-state index contributed by atoms with van der Waals surface area (Å²) in [5.74, 6) is 2.02. The largest absolute Gasteiger partial charge is 0.489 e. The lowest BCUT2D eigenvalue weighted by Crippen LogP contribution is -2.15. The Morgan fingerprint density at radius 2 is 1.93 bits per heavy atom. The number of amides is 1. The highest BCUT2D eigenvalue weighted by Crippen LogP contribution is 2.31. The predicted octanol–water partition coefficient (Wildman–Crippen LogP) is 3.02. The van der Waals surface area contributed by atoms with Gasteiger partial charge in [-0.2, -0.15) is 5.10 Å². The Morgan fingerprint density at radius 3 is 2.67 bits per heavy atom. The third-order valence-electron chi connectivity index (χ3n) is 4.09. The maximum Gasteiger partial charge on any atom is 0.258 e. The number of fused-ring (bicyclic) bond motifs is 1. The maximum atomic E-state index is 12.1. The number of anilines is 1. The third kappa shape index (κ3) is 4.03. The molecule has 2 heterocycles. The molecule has 0 radical (unpaired) electrons. The van der Waals surface area contributed by atoms with Crippen LogP contribution in [0.4, 0.5) is 5.69 Å². The van der Waals surface area contributed by atoms with E-state index in [9.17, 15) is 4.79 Å². The van der Waals surface area contributed by atoms with Gasteiger partial charge in [-0.1, -0.05) is 6.07 Å². The molecule has 27 heavy (non-hydrogen) atoms. The lowest BCUT2D eigenvalue weighted by Gasteiger charge is -2.19. The smallest absolute Gasteiger partial charge is 0.258 e. The second-order valence-electron chi connectivity index (χ2n) is 6.15. The van der Waals surface area contributed by atoms with Crippen LogP contribution in [0, 0.1) is 0 Å². The summed E-state index contributed by atoms with van der Waals surface area (Å²) in [5.41, 5.74) is 2.19.